The van der Waals surface area contributed by atoms with Gasteiger partial charge >= 0.3 is 29.6 Å². The number of unbranched alkanes of at least 4 members (excludes halogenated alkanes) is 3. The summed E-state index contributed by atoms with van der Waals surface area (Å²) in [6, 6.07) is -0.771. The Bertz CT molecular complexity index is 120. The maximum absolute atomic E-state index is 10.1. The van der Waals surface area contributed by atoms with Crippen molar-refractivity contribution >= 4 is 5.97 Å². The molecular formula is C8H16NNaO2. The SMILES string of the molecule is CCCCCCC(N)C(=O)[O-].[Na+]. The quantitative estimate of drug-likeness (QED) is 0.351. The first-order chi connectivity index (χ1) is 5.18. The van der Waals surface area contributed by atoms with Gasteiger partial charge in [0.15, 0.2) is 0 Å². The number of carboxylic acids is 1. The molecule has 0 rings (SSSR count). The minimum absolute atomic E-state index is 0. The Kier molecular flexibility index (Phi) is 11.8. The predicted molar refractivity (Wildman–Crippen MR) is 41.7 cm³/mol. The number of aliphatic carboxylic acids is 1. The van der Waals surface area contributed by atoms with Crippen LogP contribution in [-0.2, 0) is 4.79 Å². The van der Waals surface area contributed by atoms with Crippen molar-refractivity contribution in [3.63, 3.8) is 0 Å². The van der Waals surface area contributed by atoms with Gasteiger partial charge in [0.25, 0.3) is 0 Å². The fourth-order valence-electron chi connectivity index (χ4n) is 0.909. The van der Waals surface area contributed by atoms with Gasteiger partial charge in [-0.05, 0) is 6.42 Å². The molecule has 2 N–H and O–H groups in total. The smallest absolute Gasteiger partial charge is 0.548 e. The van der Waals surface area contributed by atoms with E-state index in [1.54, 1.807) is 0 Å². The number of nitrogens with two attached hydrogens (primary N) is 1. The van der Waals surface area contributed by atoms with Crippen LogP contribution in [0.1, 0.15) is 39.0 Å². The first kappa shape index (κ1) is 14.9. The van der Waals surface area contributed by atoms with Crippen LogP contribution in [0.5, 0.6) is 0 Å². The van der Waals surface area contributed by atoms with Gasteiger partial charge in [-0.25, -0.2) is 0 Å². The van der Waals surface area contributed by atoms with Crippen LogP contribution in [0, 0.1) is 0 Å². The molecule has 0 saturated carbocycles. The monoisotopic (exact) mass is 181 g/mol. The fourth-order valence-corrected chi connectivity index (χ4v) is 0.909. The van der Waals surface area contributed by atoms with E-state index in [2.05, 4.69) is 6.92 Å². The van der Waals surface area contributed by atoms with Gasteiger partial charge < -0.3 is 15.6 Å². The van der Waals surface area contributed by atoms with Crippen molar-refractivity contribution < 1.29 is 39.5 Å². The van der Waals surface area contributed by atoms with E-state index in [-0.39, 0.29) is 29.6 Å². The topological polar surface area (TPSA) is 66.2 Å². The average Bonchev–Trinajstić information content (AvgIpc) is 1.97. The summed E-state index contributed by atoms with van der Waals surface area (Å²) in [6.07, 6.45) is 4.81. The summed E-state index contributed by atoms with van der Waals surface area (Å²) in [5.74, 6) is -1.14. The molecule has 0 spiro atoms. The summed E-state index contributed by atoms with van der Waals surface area (Å²) in [4.78, 5) is 10.1. The molecule has 1 atom stereocenters. The molecule has 0 amide bonds. The second kappa shape index (κ2) is 9.52. The van der Waals surface area contributed by atoms with Crippen LogP contribution in [0.3, 0.4) is 0 Å². The van der Waals surface area contributed by atoms with Crippen molar-refractivity contribution in [3.05, 3.63) is 0 Å². The molecule has 0 aromatic heterocycles. The van der Waals surface area contributed by atoms with Crippen LogP contribution in [-0.4, -0.2) is 12.0 Å². The summed E-state index contributed by atoms with van der Waals surface area (Å²) >= 11 is 0. The van der Waals surface area contributed by atoms with Crippen LogP contribution in [0.2, 0.25) is 0 Å². The van der Waals surface area contributed by atoms with E-state index in [0.717, 1.165) is 25.7 Å². The minimum atomic E-state index is -1.14. The van der Waals surface area contributed by atoms with Crippen LogP contribution < -0.4 is 40.4 Å². The van der Waals surface area contributed by atoms with Crippen LogP contribution in [0.4, 0.5) is 0 Å². The molecule has 0 heterocycles. The Labute approximate surface area is 96.0 Å². The molecule has 0 aromatic rings. The largest absolute Gasteiger partial charge is 1.00 e. The van der Waals surface area contributed by atoms with Crippen LogP contribution in [0.15, 0.2) is 0 Å². The first-order valence-corrected chi connectivity index (χ1v) is 4.15. The third-order valence-corrected chi connectivity index (χ3v) is 1.67. The zero-order valence-electron chi connectivity index (χ0n) is 8.01. The Hall–Kier alpha value is 0.430. The van der Waals surface area contributed by atoms with Crippen LogP contribution >= 0.6 is 0 Å². The molecule has 0 saturated heterocycles. The van der Waals surface area contributed by atoms with Crippen molar-refractivity contribution in [1.29, 1.82) is 0 Å². The second-order valence-corrected chi connectivity index (χ2v) is 2.77. The summed E-state index contributed by atoms with van der Waals surface area (Å²) in [5, 5.41) is 10.1. The Morgan fingerprint density at radius 2 is 2.00 bits per heavy atom. The molecule has 3 nitrogen and oxygen atoms in total. The summed E-state index contributed by atoms with van der Waals surface area (Å²) in [6.45, 7) is 2.11. The molecule has 0 fully saturated rings. The van der Waals surface area contributed by atoms with Crippen molar-refractivity contribution in [2.45, 2.75) is 45.1 Å². The van der Waals surface area contributed by atoms with Gasteiger partial charge in [0, 0.05) is 6.04 Å². The molecule has 0 aliphatic carbocycles. The van der Waals surface area contributed by atoms with Gasteiger partial charge in [0.05, 0.1) is 5.97 Å². The molecular weight excluding hydrogens is 165 g/mol. The van der Waals surface area contributed by atoms with Crippen molar-refractivity contribution in [1.82, 2.24) is 0 Å². The summed E-state index contributed by atoms with van der Waals surface area (Å²) in [5.41, 5.74) is 5.24. The number of hydrogen-bond donors (Lipinski definition) is 1. The normalized spacial score (nSPS) is 11.8. The van der Waals surface area contributed by atoms with E-state index in [0.29, 0.717) is 6.42 Å². The van der Waals surface area contributed by atoms with Gasteiger partial charge in [-0.15, -0.1) is 0 Å². The standard InChI is InChI=1S/C8H17NO2.Na/c1-2-3-4-5-6-7(9)8(10)11;/h7H,2-6,9H2,1H3,(H,10,11);/q;+1/p-1. The zero-order chi connectivity index (χ0) is 8.69. The van der Waals surface area contributed by atoms with Gasteiger partial charge in [-0.3, -0.25) is 0 Å². The van der Waals surface area contributed by atoms with Gasteiger partial charge in [0.2, 0.25) is 0 Å². The van der Waals surface area contributed by atoms with E-state index in [1.165, 1.54) is 0 Å². The molecule has 0 radical (unpaired) electrons. The third kappa shape index (κ3) is 8.53. The zero-order valence-corrected chi connectivity index (χ0v) is 10.0. The van der Waals surface area contributed by atoms with E-state index in [9.17, 15) is 9.90 Å². The van der Waals surface area contributed by atoms with Gasteiger partial charge in [0.1, 0.15) is 0 Å². The van der Waals surface area contributed by atoms with Gasteiger partial charge in [-0.1, -0.05) is 32.6 Å². The number of carboxylic acid groups (broad SMARTS) is 1. The molecule has 0 aliphatic heterocycles. The van der Waals surface area contributed by atoms with Crippen LogP contribution in [0.25, 0.3) is 0 Å². The Morgan fingerprint density at radius 1 is 1.42 bits per heavy atom. The molecule has 12 heavy (non-hydrogen) atoms. The van der Waals surface area contributed by atoms with Crippen molar-refractivity contribution in [3.8, 4) is 0 Å². The molecule has 0 aromatic carbocycles. The van der Waals surface area contributed by atoms with Crippen molar-refractivity contribution in [2.75, 3.05) is 0 Å². The molecule has 1 unspecified atom stereocenters. The fraction of sp³-hybridized carbons (Fsp3) is 0.875. The van der Waals surface area contributed by atoms with Gasteiger partial charge in [-0.2, -0.15) is 0 Å². The Balaban J connectivity index is 0. The van der Waals surface area contributed by atoms with E-state index >= 15 is 0 Å². The van der Waals surface area contributed by atoms with Crippen molar-refractivity contribution in [2.24, 2.45) is 5.73 Å². The van der Waals surface area contributed by atoms with E-state index in [1.807, 2.05) is 0 Å². The third-order valence-electron chi connectivity index (χ3n) is 1.67. The van der Waals surface area contributed by atoms with E-state index in [4.69, 9.17) is 5.73 Å². The Morgan fingerprint density at radius 3 is 2.42 bits per heavy atom. The summed E-state index contributed by atoms with van der Waals surface area (Å²) in [7, 11) is 0. The predicted octanol–water partition coefficient (Wildman–Crippen LogP) is -2.96. The minimum Gasteiger partial charge on any atom is -0.548 e. The molecule has 4 heteroatoms. The maximum Gasteiger partial charge on any atom is 1.00 e. The molecule has 0 aliphatic rings. The number of rotatable bonds is 6. The number of hydrogen-bond acceptors (Lipinski definition) is 3. The molecule has 66 valence electrons. The second-order valence-electron chi connectivity index (χ2n) is 2.77. The maximum atomic E-state index is 10.1. The number of carbonyl (C=O) groups excluding carboxylic acids is 1. The molecule has 0 bridgehead atoms. The summed E-state index contributed by atoms with van der Waals surface area (Å²) < 4.78 is 0. The van der Waals surface area contributed by atoms with E-state index < -0.39 is 12.0 Å². The first-order valence-electron chi connectivity index (χ1n) is 4.15. The average molecular weight is 181 g/mol. The number of carbonyl (C=O) groups is 1.